The molecule has 1 aromatic carbocycles. The Kier molecular flexibility index (Phi) is 4.15. The summed E-state index contributed by atoms with van der Waals surface area (Å²) < 4.78 is 5.02. The summed E-state index contributed by atoms with van der Waals surface area (Å²) in [5.74, 6) is -0.130. The molecule has 2 rings (SSSR count). The molecular formula is C14H19NO2. The van der Waals surface area contributed by atoms with Gasteiger partial charge in [0.15, 0.2) is 0 Å². The second-order valence-corrected chi connectivity index (χ2v) is 4.41. The van der Waals surface area contributed by atoms with Crippen LogP contribution in [0.5, 0.6) is 0 Å². The number of benzene rings is 1. The Balaban J connectivity index is 1.99. The highest BCUT2D eigenvalue weighted by Gasteiger charge is 2.26. The predicted octanol–water partition coefficient (Wildman–Crippen LogP) is 2.43. The molecule has 0 unspecified atom stereocenters. The zero-order valence-corrected chi connectivity index (χ0v) is 10.2. The molecule has 0 radical (unpaired) electrons. The Morgan fingerprint density at radius 2 is 2.12 bits per heavy atom. The lowest BCUT2D eigenvalue weighted by Gasteiger charge is -2.18. The maximum absolute atomic E-state index is 11.6. The van der Waals surface area contributed by atoms with Crippen molar-refractivity contribution in [2.45, 2.75) is 38.3 Å². The molecule has 0 amide bonds. The molecule has 17 heavy (non-hydrogen) atoms. The van der Waals surface area contributed by atoms with Gasteiger partial charge in [-0.3, -0.25) is 4.79 Å². The minimum absolute atomic E-state index is 0.0859. The Bertz CT molecular complexity index is 360. The summed E-state index contributed by atoms with van der Waals surface area (Å²) in [6.07, 6.45) is 2.84. The van der Waals surface area contributed by atoms with Crippen LogP contribution >= 0.6 is 0 Å². The molecule has 0 aromatic heterocycles. The summed E-state index contributed by atoms with van der Waals surface area (Å²) >= 11 is 0. The van der Waals surface area contributed by atoms with Crippen molar-refractivity contribution in [3.8, 4) is 0 Å². The van der Waals surface area contributed by atoms with Crippen LogP contribution in [0.2, 0.25) is 0 Å². The van der Waals surface area contributed by atoms with Gasteiger partial charge in [-0.1, -0.05) is 30.3 Å². The fraction of sp³-hybridized carbons (Fsp3) is 0.500. The van der Waals surface area contributed by atoms with Crippen LogP contribution in [0.4, 0.5) is 0 Å². The van der Waals surface area contributed by atoms with Crippen LogP contribution in [0, 0.1) is 0 Å². The molecular weight excluding hydrogens is 214 g/mol. The molecule has 3 nitrogen and oxygen atoms in total. The molecule has 0 spiro atoms. The van der Waals surface area contributed by atoms with Crippen molar-refractivity contribution < 1.29 is 9.53 Å². The van der Waals surface area contributed by atoms with Crippen molar-refractivity contribution in [2.24, 2.45) is 0 Å². The second kappa shape index (κ2) is 5.82. The molecule has 0 heterocycles. The van der Waals surface area contributed by atoms with Gasteiger partial charge in [-0.25, -0.2) is 0 Å². The van der Waals surface area contributed by atoms with E-state index in [1.54, 1.807) is 0 Å². The smallest absolute Gasteiger partial charge is 0.307 e. The fourth-order valence-corrected chi connectivity index (χ4v) is 1.88. The van der Waals surface area contributed by atoms with E-state index in [2.05, 4.69) is 17.4 Å². The van der Waals surface area contributed by atoms with Gasteiger partial charge in [0.05, 0.1) is 13.0 Å². The molecule has 1 aliphatic rings. The van der Waals surface area contributed by atoms with E-state index in [-0.39, 0.29) is 12.0 Å². The molecule has 1 aromatic rings. The Morgan fingerprint density at radius 3 is 2.71 bits per heavy atom. The van der Waals surface area contributed by atoms with Gasteiger partial charge in [0.2, 0.25) is 0 Å². The fourth-order valence-electron chi connectivity index (χ4n) is 1.88. The predicted molar refractivity (Wildman–Crippen MR) is 66.6 cm³/mol. The van der Waals surface area contributed by atoms with Crippen LogP contribution in [0.25, 0.3) is 0 Å². The Hall–Kier alpha value is -1.35. The molecule has 1 saturated carbocycles. The summed E-state index contributed by atoms with van der Waals surface area (Å²) in [7, 11) is 0. The molecule has 1 aliphatic carbocycles. The first-order chi connectivity index (χ1) is 8.29. The number of ether oxygens (including phenoxy) is 1. The van der Waals surface area contributed by atoms with E-state index in [1.165, 1.54) is 12.8 Å². The average Bonchev–Trinajstić information content (AvgIpc) is 3.14. The van der Waals surface area contributed by atoms with Gasteiger partial charge in [-0.2, -0.15) is 0 Å². The Morgan fingerprint density at radius 1 is 1.41 bits per heavy atom. The van der Waals surface area contributed by atoms with Gasteiger partial charge < -0.3 is 10.1 Å². The largest absolute Gasteiger partial charge is 0.466 e. The molecule has 1 N–H and O–H groups in total. The van der Waals surface area contributed by atoms with E-state index >= 15 is 0 Å². The van der Waals surface area contributed by atoms with E-state index in [9.17, 15) is 4.79 Å². The minimum atomic E-state index is -0.130. The van der Waals surface area contributed by atoms with Crippen molar-refractivity contribution >= 4 is 5.97 Å². The normalized spacial score (nSPS) is 16.5. The van der Waals surface area contributed by atoms with E-state index in [0.717, 1.165) is 5.56 Å². The van der Waals surface area contributed by atoms with Crippen molar-refractivity contribution in [3.05, 3.63) is 35.9 Å². The highest BCUT2D eigenvalue weighted by molar-refractivity contribution is 5.70. The van der Waals surface area contributed by atoms with Crippen molar-refractivity contribution in [1.82, 2.24) is 5.32 Å². The van der Waals surface area contributed by atoms with Crippen LogP contribution in [0.15, 0.2) is 30.3 Å². The number of esters is 1. The minimum Gasteiger partial charge on any atom is -0.466 e. The van der Waals surface area contributed by atoms with Gasteiger partial charge in [-0.15, -0.1) is 0 Å². The number of carbonyl (C=O) groups excluding carboxylic acids is 1. The summed E-state index contributed by atoms with van der Waals surface area (Å²) in [5, 5.41) is 3.50. The summed E-state index contributed by atoms with van der Waals surface area (Å²) in [6.45, 7) is 2.29. The zero-order valence-electron chi connectivity index (χ0n) is 10.2. The van der Waals surface area contributed by atoms with Crippen LogP contribution in [-0.2, 0) is 9.53 Å². The van der Waals surface area contributed by atoms with Gasteiger partial charge in [0.25, 0.3) is 0 Å². The van der Waals surface area contributed by atoms with E-state index in [1.807, 2.05) is 25.1 Å². The van der Waals surface area contributed by atoms with Crippen LogP contribution < -0.4 is 5.32 Å². The van der Waals surface area contributed by atoms with Crippen LogP contribution in [0.1, 0.15) is 37.8 Å². The number of carbonyl (C=O) groups is 1. The molecule has 0 saturated heterocycles. The first kappa shape index (κ1) is 12.1. The van der Waals surface area contributed by atoms with E-state index in [4.69, 9.17) is 4.74 Å². The zero-order chi connectivity index (χ0) is 12.1. The number of hydrogen-bond acceptors (Lipinski definition) is 3. The molecule has 92 valence electrons. The summed E-state index contributed by atoms with van der Waals surface area (Å²) in [4.78, 5) is 11.6. The van der Waals surface area contributed by atoms with Gasteiger partial charge in [-0.05, 0) is 25.3 Å². The number of rotatable bonds is 6. The summed E-state index contributed by atoms with van der Waals surface area (Å²) in [6, 6.07) is 10.8. The highest BCUT2D eigenvalue weighted by Crippen LogP contribution is 2.26. The summed E-state index contributed by atoms with van der Waals surface area (Å²) in [5.41, 5.74) is 1.16. The monoisotopic (exact) mass is 233 g/mol. The van der Waals surface area contributed by atoms with E-state index < -0.39 is 0 Å². The molecule has 3 heteroatoms. The van der Waals surface area contributed by atoms with E-state index in [0.29, 0.717) is 19.1 Å². The lowest BCUT2D eigenvalue weighted by Crippen LogP contribution is -2.26. The third kappa shape index (κ3) is 3.86. The SMILES string of the molecule is CCOC(=O)C[C@H](NC1CC1)c1ccccc1. The first-order valence-electron chi connectivity index (χ1n) is 6.26. The Labute approximate surface area is 102 Å². The average molecular weight is 233 g/mol. The van der Waals surface area contributed by atoms with Gasteiger partial charge in [0.1, 0.15) is 0 Å². The van der Waals surface area contributed by atoms with Crippen molar-refractivity contribution in [2.75, 3.05) is 6.61 Å². The topological polar surface area (TPSA) is 38.3 Å². The molecule has 0 aliphatic heterocycles. The van der Waals surface area contributed by atoms with Gasteiger partial charge in [0, 0.05) is 12.1 Å². The van der Waals surface area contributed by atoms with Crippen LogP contribution in [0.3, 0.4) is 0 Å². The number of nitrogens with one attached hydrogen (secondary N) is 1. The third-order valence-corrected chi connectivity index (χ3v) is 2.89. The van der Waals surface area contributed by atoms with Crippen LogP contribution in [-0.4, -0.2) is 18.6 Å². The van der Waals surface area contributed by atoms with Crippen molar-refractivity contribution in [3.63, 3.8) is 0 Å². The quantitative estimate of drug-likeness (QED) is 0.767. The maximum atomic E-state index is 11.6. The standard InChI is InChI=1S/C14H19NO2/c1-2-17-14(16)10-13(15-12-8-9-12)11-6-4-3-5-7-11/h3-7,12-13,15H,2,8-10H2,1H3/t13-/m0/s1. The highest BCUT2D eigenvalue weighted by atomic mass is 16.5. The van der Waals surface area contributed by atoms with Crippen molar-refractivity contribution in [1.29, 1.82) is 0 Å². The second-order valence-electron chi connectivity index (χ2n) is 4.41. The van der Waals surface area contributed by atoms with Gasteiger partial charge >= 0.3 is 5.97 Å². The lowest BCUT2D eigenvalue weighted by molar-refractivity contribution is -0.143. The molecule has 1 fully saturated rings. The maximum Gasteiger partial charge on any atom is 0.307 e. The third-order valence-electron chi connectivity index (χ3n) is 2.89. The molecule has 0 bridgehead atoms. The number of hydrogen-bond donors (Lipinski definition) is 1. The lowest BCUT2D eigenvalue weighted by atomic mass is 10.0. The molecule has 1 atom stereocenters. The first-order valence-corrected chi connectivity index (χ1v) is 6.26.